The monoisotopic (exact) mass is 275 g/mol. The van der Waals surface area contributed by atoms with Gasteiger partial charge in [-0.15, -0.1) is 11.8 Å². The van der Waals surface area contributed by atoms with Gasteiger partial charge >= 0.3 is 0 Å². The van der Waals surface area contributed by atoms with E-state index in [2.05, 4.69) is 23.7 Å². The van der Waals surface area contributed by atoms with Crippen molar-refractivity contribution < 1.29 is 4.79 Å². The van der Waals surface area contributed by atoms with Crippen molar-refractivity contribution in [3.05, 3.63) is 24.3 Å². The Morgan fingerprint density at radius 2 is 2.05 bits per heavy atom. The number of carbonyl (C=O) groups excluding carboxylic acids is 1. The van der Waals surface area contributed by atoms with E-state index in [0.717, 1.165) is 17.5 Å². The lowest BCUT2D eigenvalue weighted by atomic mass is 9.86. The Labute approximate surface area is 119 Å². The molecule has 0 aliphatic heterocycles. The minimum atomic E-state index is 0.189. The van der Waals surface area contributed by atoms with Gasteiger partial charge in [0.15, 0.2) is 0 Å². The number of carbonyl (C=O) groups is 1. The van der Waals surface area contributed by atoms with Crippen molar-refractivity contribution in [1.82, 2.24) is 0 Å². The van der Waals surface area contributed by atoms with Gasteiger partial charge < -0.3 is 5.32 Å². The molecule has 0 unspecified atom stereocenters. The Morgan fingerprint density at radius 3 is 2.63 bits per heavy atom. The van der Waals surface area contributed by atoms with Gasteiger partial charge in [-0.2, -0.15) is 0 Å². The van der Waals surface area contributed by atoms with Gasteiger partial charge in [-0.3, -0.25) is 4.79 Å². The van der Waals surface area contributed by atoms with Crippen molar-refractivity contribution in [2.75, 3.05) is 11.6 Å². The second-order valence-corrected chi connectivity index (χ2v) is 6.80. The molecule has 3 atom stereocenters. The molecule has 0 heterocycles. The van der Waals surface area contributed by atoms with E-state index in [1.807, 2.05) is 12.1 Å². The van der Waals surface area contributed by atoms with Crippen LogP contribution < -0.4 is 5.32 Å². The summed E-state index contributed by atoms with van der Waals surface area (Å²) in [4.78, 5) is 13.3. The minimum Gasteiger partial charge on any atom is -0.326 e. The zero-order valence-corrected chi connectivity index (χ0v) is 12.2. The third-order valence-corrected chi connectivity index (χ3v) is 5.45. The third-order valence-electron chi connectivity index (χ3n) is 4.71. The summed E-state index contributed by atoms with van der Waals surface area (Å²) in [7, 11) is 0. The number of fused-ring (bicyclic) bond motifs is 2. The fourth-order valence-electron chi connectivity index (χ4n) is 3.75. The molecule has 1 N–H and O–H groups in total. The molecule has 1 amide bonds. The lowest BCUT2D eigenvalue weighted by Crippen LogP contribution is -2.20. The van der Waals surface area contributed by atoms with E-state index < -0.39 is 0 Å². The topological polar surface area (TPSA) is 29.1 Å². The number of hydrogen-bond donors (Lipinski definition) is 1. The third kappa shape index (κ3) is 2.97. The van der Waals surface area contributed by atoms with Gasteiger partial charge in [-0.25, -0.2) is 0 Å². The van der Waals surface area contributed by atoms with E-state index in [0.29, 0.717) is 12.3 Å². The molecule has 1 aromatic rings. The molecule has 19 heavy (non-hydrogen) atoms. The minimum absolute atomic E-state index is 0.189. The highest BCUT2D eigenvalue weighted by atomic mass is 32.2. The van der Waals surface area contributed by atoms with Crippen LogP contribution >= 0.6 is 11.8 Å². The average Bonchev–Trinajstić information content (AvgIpc) is 3.02. The Bertz CT molecular complexity index is 456. The lowest BCUT2D eigenvalue weighted by molar-refractivity contribution is -0.117. The van der Waals surface area contributed by atoms with Crippen LogP contribution in [-0.2, 0) is 4.79 Å². The standard InChI is InChI=1S/C16H21NOS/c1-19-15-6-4-14(5-7-15)17-16(18)10-13-9-11-2-3-12(13)8-11/h4-7,11-13H,2-3,8-10H2,1H3,(H,17,18)/t11-,12-,13+/m1/s1. The van der Waals surface area contributed by atoms with Crippen LogP contribution in [0.15, 0.2) is 29.2 Å². The van der Waals surface area contributed by atoms with E-state index in [4.69, 9.17) is 0 Å². The van der Waals surface area contributed by atoms with Crippen molar-refractivity contribution in [2.24, 2.45) is 17.8 Å². The zero-order valence-electron chi connectivity index (χ0n) is 11.4. The molecule has 2 nitrogen and oxygen atoms in total. The Morgan fingerprint density at radius 1 is 1.26 bits per heavy atom. The molecule has 3 rings (SSSR count). The molecule has 102 valence electrons. The summed E-state index contributed by atoms with van der Waals surface area (Å²) >= 11 is 1.72. The van der Waals surface area contributed by atoms with Crippen LogP contribution in [0.25, 0.3) is 0 Å². The first-order valence-electron chi connectivity index (χ1n) is 7.18. The molecule has 0 radical (unpaired) electrons. The zero-order chi connectivity index (χ0) is 13.2. The first-order valence-corrected chi connectivity index (χ1v) is 8.41. The number of hydrogen-bond acceptors (Lipinski definition) is 2. The molecular formula is C16H21NOS. The van der Waals surface area contributed by atoms with Crippen molar-refractivity contribution in [3.63, 3.8) is 0 Å². The van der Waals surface area contributed by atoms with E-state index in [1.165, 1.54) is 30.6 Å². The van der Waals surface area contributed by atoms with Crippen molar-refractivity contribution in [3.8, 4) is 0 Å². The number of thioether (sulfide) groups is 1. The van der Waals surface area contributed by atoms with E-state index in [1.54, 1.807) is 11.8 Å². The van der Waals surface area contributed by atoms with Crippen molar-refractivity contribution in [1.29, 1.82) is 0 Å². The van der Waals surface area contributed by atoms with E-state index in [-0.39, 0.29) is 5.91 Å². The van der Waals surface area contributed by atoms with Gasteiger partial charge in [-0.1, -0.05) is 6.42 Å². The van der Waals surface area contributed by atoms with Gasteiger partial charge in [0.2, 0.25) is 5.91 Å². The molecule has 0 spiro atoms. The molecule has 3 heteroatoms. The van der Waals surface area contributed by atoms with Gasteiger partial charge in [0.25, 0.3) is 0 Å². The van der Waals surface area contributed by atoms with Crippen LogP contribution in [0.5, 0.6) is 0 Å². The highest BCUT2D eigenvalue weighted by Gasteiger charge is 2.40. The number of nitrogens with one attached hydrogen (secondary N) is 1. The maximum Gasteiger partial charge on any atom is 0.224 e. The molecule has 1 aromatic carbocycles. The van der Waals surface area contributed by atoms with Crippen LogP contribution in [0, 0.1) is 17.8 Å². The smallest absolute Gasteiger partial charge is 0.224 e. The second kappa shape index (κ2) is 5.58. The predicted octanol–water partition coefficient (Wildman–Crippen LogP) is 4.17. The summed E-state index contributed by atoms with van der Waals surface area (Å²) in [6.45, 7) is 0. The normalized spacial score (nSPS) is 28.6. The second-order valence-electron chi connectivity index (χ2n) is 5.92. The number of anilines is 1. The summed E-state index contributed by atoms with van der Waals surface area (Å²) in [6.07, 6.45) is 8.18. The highest BCUT2D eigenvalue weighted by Crippen LogP contribution is 2.49. The molecule has 0 saturated heterocycles. The van der Waals surface area contributed by atoms with Crippen molar-refractivity contribution >= 4 is 23.4 Å². The predicted molar refractivity (Wildman–Crippen MR) is 80.4 cm³/mol. The molecule has 0 aromatic heterocycles. The highest BCUT2D eigenvalue weighted by molar-refractivity contribution is 7.98. The first kappa shape index (κ1) is 13.0. The van der Waals surface area contributed by atoms with Crippen LogP contribution in [0.2, 0.25) is 0 Å². The SMILES string of the molecule is CSc1ccc(NC(=O)C[C@@H]2C[C@@H]3CC[C@@H]2C3)cc1. The summed E-state index contributed by atoms with van der Waals surface area (Å²) < 4.78 is 0. The van der Waals surface area contributed by atoms with Gasteiger partial charge in [-0.05, 0) is 67.5 Å². The summed E-state index contributed by atoms with van der Waals surface area (Å²) in [5.41, 5.74) is 0.922. The first-order chi connectivity index (χ1) is 9.24. The van der Waals surface area contributed by atoms with Crippen LogP contribution in [0.4, 0.5) is 5.69 Å². The fraction of sp³-hybridized carbons (Fsp3) is 0.562. The molecule has 2 aliphatic rings. The maximum atomic E-state index is 12.1. The number of amides is 1. The van der Waals surface area contributed by atoms with Crippen LogP contribution in [0.1, 0.15) is 32.1 Å². The lowest BCUT2D eigenvalue weighted by Gasteiger charge is -2.20. The van der Waals surface area contributed by atoms with Gasteiger partial charge in [0.1, 0.15) is 0 Å². The number of benzene rings is 1. The van der Waals surface area contributed by atoms with Crippen LogP contribution in [-0.4, -0.2) is 12.2 Å². The van der Waals surface area contributed by atoms with E-state index >= 15 is 0 Å². The summed E-state index contributed by atoms with van der Waals surface area (Å²) in [6, 6.07) is 8.09. The average molecular weight is 275 g/mol. The molecular weight excluding hydrogens is 254 g/mol. The molecule has 2 aliphatic carbocycles. The van der Waals surface area contributed by atoms with Gasteiger partial charge in [0, 0.05) is 17.0 Å². The Balaban J connectivity index is 1.53. The largest absolute Gasteiger partial charge is 0.326 e. The Kier molecular flexibility index (Phi) is 3.83. The Hall–Kier alpha value is -0.960. The quantitative estimate of drug-likeness (QED) is 0.835. The van der Waals surface area contributed by atoms with Crippen molar-refractivity contribution in [2.45, 2.75) is 37.0 Å². The summed E-state index contributed by atoms with van der Waals surface area (Å²) in [5, 5.41) is 3.03. The molecule has 2 fully saturated rings. The van der Waals surface area contributed by atoms with E-state index in [9.17, 15) is 4.79 Å². The summed E-state index contributed by atoms with van der Waals surface area (Å²) in [5.74, 6) is 2.58. The molecule has 2 bridgehead atoms. The fourth-order valence-corrected chi connectivity index (χ4v) is 4.16. The molecule has 2 saturated carbocycles. The van der Waals surface area contributed by atoms with Gasteiger partial charge in [0.05, 0.1) is 0 Å². The number of rotatable bonds is 4. The maximum absolute atomic E-state index is 12.1. The van der Waals surface area contributed by atoms with Crippen LogP contribution in [0.3, 0.4) is 0 Å².